The summed E-state index contributed by atoms with van der Waals surface area (Å²) < 4.78 is 58.8. The van der Waals surface area contributed by atoms with Crippen molar-refractivity contribution < 1.29 is 41.7 Å². The van der Waals surface area contributed by atoms with Crippen LogP contribution >= 0.6 is 0 Å². The summed E-state index contributed by atoms with van der Waals surface area (Å²) in [6, 6.07) is 7.54. The van der Waals surface area contributed by atoms with Crippen LogP contribution in [0.25, 0.3) is 0 Å². The molecule has 0 saturated heterocycles. The molecule has 2 rings (SSSR count). The van der Waals surface area contributed by atoms with Crippen LogP contribution in [0.5, 0.6) is 17.2 Å². The summed E-state index contributed by atoms with van der Waals surface area (Å²) in [7, 11) is 4.42. The van der Waals surface area contributed by atoms with Crippen LogP contribution in [-0.4, -0.2) is 39.8 Å². The monoisotopic (exact) mass is 441 g/mol. The van der Waals surface area contributed by atoms with Gasteiger partial charge in [0.15, 0.2) is 18.1 Å². The number of rotatable bonds is 9. The SMILES string of the molecule is COc1cc(CCC(=O)OCC(=O)Nc2cccc(C(F)(F)F)c2)cc(OC)c1OC. The molecule has 1 N–H and O–H groups in total. The molecule has 0 spiro atoms. The van der Waals surface area contributed by atoms with E-state index in [2.05, 4.69) is 5.32 Å². The van der Waals surface area contributed by atoms with Crippen molar-refractivity contribution in [2.75, 3.05) is 33.3 Å². The Hall–Kier alpha value is -3.43. The van der Waals surface area contributed by atoms with E-state index in [4.69, 9.17) is 18.9 Å². The predicted molar refractivity (Wildman–Crippen MR) is 105 cm³/mol. The molecule has 0 bridgehead atoms. The van der Waals surface area contributed by atoms with Crippen molar-refractivity contribution >= 4 is 17.6 Å². The number of nitrogens with one attached hydrogen (secondary N) is 1. The highest BCUT2D eigenvalue weighted by molar-refractivity contribution is 5.92. The second kappa shape index (κ2) is 10.6. The lowest BCUT2D eigenvalue weighted by Crippen LogP contribution is -2.21. The Morgan fingerprint density at radius 3 is 2.16 bits per heavy atom. The molecular weight excluding hydrogens is 419 g/mol. The van der Waals surface area contributed by atoms with E-state index in [1.807, 2.05) is 0 Å². The van der Waals surface area contributed by atoms with Crippen molar-refractivity contribution in [2.24, 2.45) is 0 Å². The van der Waals surface area contributed by atoms with Crippen LogP contribution in [0.2, 0.25) is 0 Å². The van der Waals surface area contributed by atoms with Gasteiger partial charge in [-0.25, -0.2) is 0 Å². The summed E-state index contributed by atoms with van der Waals surface area (Å²) in [5.41, 5.74) is -0.221. The first-order valence-corrected chi connectivity index (χ1v) is 9.09. The maximum atomic E-state index is 12.7. The fourth-order valence-corrected chi connectivity index (χ4v) is 2.71. The number of amides is 1. The van der Waals surface area contributed by atoms with Gasteiger partial charge in [-0.3, -0.25) is 9.59 Å². The van der Waals surface area contributed by atoms with E-state index < -0.39 is 30.2 Å². The normalized spacial score (nSPS) is 10.9. The van der Waals surface area contributed by atoms with Gasteiger partial charge in [-0.2, -0.15) is 13.2 Å². The number of alkyl halides is 3. The average molecular weight is 441 g/mol. The second-order valence-electron chi connectivity index (χ2n) is 6.32. The number of halogens is 3. The number of ether oxygens (including phenoxy) is 4. The summed E-state index contributed by atoms with van der Waals surface area (Å²) in [5, 5.41) is 2.26. The number of hydrogen-bond acceptors (Lipinski definition) is 6. The number of esters is 1. The zero-order valence-electron chi connectivity index (χ0n) is 17.2. The summed E-state index contributed by atoms with van der Waals surface area (Å²) in [4.78, 5) is 23.8. The van der Waals surface area contributed by atoms with Crippen molar-refractivity contribution in [1.29, 1.82) is 0 Å². The molecule has 10 heteroatoms. The number of methoxy groups -OCH3 is 3. The topological polar surface area (TPSA) is 83.1 Å². The van der Waals surface area contributed by atoms with Gasteiger partial charge in [-0.05, 0) is 42.3 Å². The summed E-state index contributed by atoms with van der Waals surface area (Å²) in [6.07, 6.45) is -4.28. The van der Waals surface area contributed by atoms with E-state index in [-0.39, 0.29) is 18.5 Å². The average Bonchev–Trinajstić information content (AvgIpc) is 2.74. The van der Waals surface area contributed by atoms with E-state index in [1.54, 1.807) is 12.1 Å². The van der Waals surface area contributed by atoms with Crippen LogP contribution in [0.15, 0.2) is 36.4 Å². The van der Waals surface area contributed by atoms with Gasteiger partial charge in [0, 0.05) is 12.1 Å². The molecule has 0 aliphatic carbocycles. The van der Waals surface area contributed by atoms with E-state index in [0.29, 0.717) is 17.2 Å². The summed E-state index contributed by atoms with van der Waals surface area (Å²) in [5.74, 6) is -0.104. The van der Waals surface area contributed by atoms with Gasteiger partial charge < -0.3 is 24.3 Å². The highest BCUT2D eigenvalue weighted by atomic mass is 19.4. The van der Waals surface area contributed by atoms with Crippen LogP contribution in [0.4, 0.5) is 18.9 Å². The van der Waals surface area contributed by atoms with Gasteiger partial charge >= 0.3 is 12.1 Å². The van der Waals surface area contributed by atoms with Crippen molar-refractivity contribution in [2.45, 2.75) is 19.0 Å². The molecule has 0 atom stereocenters. The third kappa shape index (κ3) is 6.80. The molecule has 0 fully saturated rings. The van der Waals surface area contributed by atoms with Gasteiger partial charge in [0.1, 0.15) is 0 Å². The smallest absolute Gasteiger partial charge is 0.416 e. The Bertz CT molecular complexity index is 905. The minimum atomic E-state index is -4.53. The molecular formula is C21H22F3NO6. The van der Waals surface area contributed by atoms with E-state index in [0.717, 1.165) is 17.7 Å². The van der Waals surface area contributed by atoms with Gasteiger partial charge in [-0.1, -0.05) is 6.07 Å². The van der Waals surface area contributed by atoms with Crippen molar-refractivity contribution in [3.8, 4) is 17.2 Å². The van der Waals surface area contributed by atoms with E-state index >= 15 is 0 Å². The first-order valence-electron chi connectivity index (χ1n) is 9.09. The zero-order chi connectivity index (χ0) is 23.0. The van der Waals surface area contributed by atoms with Gasteiger partial charge in [0.2, 0.25) is 5.75 Å². The molecule has 2 aromatic rings. The van der Waals surface area contributed by atoms with Crippen LogP contribution in [0, 0.1) is 0 Å². The third-order valence-corrected chi connectivity index (χ3v) is 4.18. The molecule has 0 heterocycles. The predicted octanol–water partition coefficient (Wildman–Crippen LogP) is 3.85. The standard InChI is InChI=1S/C21H22F3NO6/c1-28-16-9-13(10-17(29-2)20(16)30-3)7-8-19(27)31-12-18(26)25-15-6-4-5-14(11-15)21(22,23)24/h4-6,9-11H,7-8,12H2,1-3H3,(H,25,26). The van der Waals surface area contributed by atoms with Crippen LogP contribution in [-0.2, 0) is 26.9 Å². The Morgan fingerprint density at radius 2 is 1.61 bits per heavy atom. The van der Waals surface area contributed by atoms with Crippen LogP contribution in [0.3, 0.4) is 0 Å². The molecule has 0 unspecified atom stereocenters. The van der Waals surface area contributed by atoms with Crippen molar-refractivity contribution in [3.63, 3.8) is 0 Å². The first kappa shape index (κ1) is 23.8. The number of carbonyl (C=O) groups is 2. The third-order valence-electron chi connectivity index (χ3n) is 4.18. The van der Waals surface area contributed by atoms with Crippen LogP contribution in [0.1, 0.15) is 17.5 Å². The maximum absolute atomic E-state index is 12.7. The first-order chi connectivity index (χ1) is 14.7. The molecule has 0 aliphatic heterocycles. The highest BCUT2D eigenvalue weighted by Crippen LogP contribution is 2.38. The number of benzene rings is 2. The molecule has 1 amide bonds. The summed E-state index contributed by atoms with van der Waals surface area (Å²) >= 11 is 0. The molecule has 0 aromatic heterocycles. The zero-order valence-corrected chi connectivity index (χ0v) is 17.2. The lowest BCUT2D eigenvalue weighted by molar-refractivity contribution is -0.147. The number of aryl methyl sites for hydroxylation is 1. The molecule has 2 aromatic carbocycles. The lowest BCUT2D eigenvalue weighted by atomic mass is 10.1. The lowest BCUT2D eigenvalue weighted by Gasteiger charge is -2.14. The van der Waals surface area contributed by atoms with Gasteiger partial charge in [-0.15, -0.1) is 0 Å². The van der Waals surface area contributed by atoms with Crippen molar-refractivity contribution in [3.05, 3.63) is 47.5 Å². The Balaban J connectivity index is 1.88. The van der Waals surface area contributed by atoms with E-state index in [9.17, 15) is 22.8 Å². The summed E-state index contributed by atoms with van der Waals surface area (Å²) in [6.45, 7) is -0.621. The molecule has 0 radical (unpaired) electrons. The van der Waals surface area contributed by atoms with Gasteiger partial charge in [0.05, 0.1) is 26.9 Å². The second-order valence-corrected chi connectivity index (χ2v) is 6.32. The number of anilines is 1. The quantitative estimate of drug-likeness (QED) is 0.596. The number of hydrogen-bond donors (Lipinski definition) is 1. The Kier molecular flexibility index (Phi) is 8.12. The van der Waals surface area contributed by atoms with Crippen molar-refractivity contribution in [1.82, 2.24) is 0 Å². The maximum Gasteiger partial charge on any atom is 0.416 e. The molecule has 7 nitrogen and oxygen atoms in total. The highest BCUT2D eigenvalue weighted by Gasteiger charge is 2.30. The Morgan fingerprint density at radius 1 is 0.968 bits per heavy atom. The largest absolute Gasteiger partial charge is 0.493 e. The fraction of sp³-hybridized carbons (Fsp3) is 0.333. The minimum absolute atomic E-state index is 0.0323. The fourth-order valence-electron chi connectivity index (χ4n) is 2.71. The molecule has 168 valence electrons. The Labute approximate surface area is 177 Å². The minimum Gasteiger partial charge on any atom is -0.493 e. The van der Waals surface area contributed by atoms with Crippen LogP contribution < -0.4 is 19.5 Å². The molecule has 0 saturated carbocycles. The molecule has 31 heavy (non-hydrogen) atoms. The van der Waals surface area contributed by atoms with Gasteiger partial charge in [0.25, 0.3) is 5.91 Å². The van der Waals surface area contributed by atoms with E-state index in [1.165, 1.54) is 33.5 Å². The molecule has 0 aliphatic rings. The number of carbonyl (C=O) groups excluding carboxylic acids is 2.